The van der Waals surface area contributed by atoms with Gasteiger partial charge in [-0.3, -0.25) is 4.79 Å². The van der Waals surface area contributed by atoms with Crippen LogP contribution in [0.4, 0.5) is 0 Å². The highest BCUT2D eigenvalue weighted by Crippen LogP contribution is 2.15. The summed E-state index contributed by atoms with van der Waals surface area (Å²) < 4.78 is 10.3. The Kier molecular flexibility index (Phi) is 5.05. The van der Waals surface area contributed by atoms with Crippen molar-refractivity contribution in [3.63, 3.8) is 0 Å². The van der Waals surface area contributed by atoms with E-state index in [0.717, 1.165) is 23.0 Å². The Labute approximate surface area is 106 Å². The lowest BCUT2D eigenvalue weighted by molar-refractivity contribution is -0.154. The second kappa shape index (κ2) is 6.10. The third kappa shape index (κ3) is 6.36. The van der Waals surface area contributed by atoms with E-state index in [4.69, 9.17) is 9.26 Å². The molecule has 1 heterocycles. The highest BCUT2D eigenvalue weighted by molar-refractivity contribution is 7.98. The molecule has 0 aliphatic carbocycles. The summed E-state index contributed by atoms with van der Waals surface area (Å²) in [6.45, 7) is 7.50. The maximum Gasteiger partial charge on any atom is 0.307 e. The van der Waals surface area contributed by atoms with Gasteiger partial charge in [0.2, 0.25) is 0 Å². The van der Waals surface area contributed by atoms with Crippen LogP contribution in [0.2, 0.25) is 0 Å². The zero-order valence-corrected chi connectivity index (χ0v) is 11.6. The van der Waals surface area contributed by atoms with Crippen LogP contribution < -0.4 is 0 Å². The molecule has 0 unspecified atom stereocenters. The number of hydrogen-bond donors (Lipinski definition) is 0. The lowest BCUT2D eigenvalue weighted by Gasteiger charge is -2.19. The first-order chi connectivity index (χ1) is 7.87. The van der Waals surface area contributed by atoms with Crippen LogP contribution in [-0.4, -0.2) is 22.5 Å². The molecule has 0 aromatic carbocycles. The Balaban J connectivity index is 2.14. The van der Waals surface area contributed by atoms with Gasteiger partial charge in [-0.25, -0.2) is 0 Å². The highest BCUT2D eigenvalue weighted by Gasteiger charge is 2.15. The van der Waals surface area contributed by atoms with Crippen molar-refractivity contribution in [3.05, 3.63) is 17.5 Å². The Morgan fingerprint density at radius 2 is 2.24 bits per heavy atom. The van der Waals surface area contributed by atoms with E-state index in [2.05, 4.69) is 5.16 Å². The molecule has 1 rings (SSSR count). The minimum Gasteiger partial charge on any atom is -0.460 e. The van der Waals surface area contributed by atoms with Crippen molar-refractivity contribution >= 4 is 17.7 Å². The molecule has 0 radical (unpaired) electrons. The second-order valence-electron chi connectivity index (χ2n) is 4.82. The van der Waals surface area contributed by atoms with E-state index in [1.165, 1.54) is 0 Å². The van der Waals surface area contributed by atoms with Crippen LogP contribution in [0.3, 0.4) is 0 Å². The quantitative estimate of drug-likeness (QED) is 0.599. The zero-order valence-electron chi connectivity index (χ0n) is 10.8. The average Bonchev–Trinajstić information content (AvgIpc) is 2.56. The van der Waals surface area contributed by atoms with Gasteiger partial charge in [0.05, 0.1) is 17.9 Å². The van der Waals surface area contributed by atoms with Crippen molar-refractivity contribution in [2.75, 3.05) is 5.75 Å². The van der Waals surface area contributed by atoms with Crippen LogP contribution in [0.5, 0.6) is 0 Å². The van der Waals surface area contributed by atoms with Crippen molar-refractivity contribution in [3.8, 4) is 0 Å². The number of hydrogen-bond acceptors (Lipinski definition) is 5. The molecule has 0 fully saturated rings. The van der Waals surface area contributed by atoms with Gasteiger partial charge in [-0.2, -0.15) is 11.8 Å². The Hall–Kier alpha value is -0.970. The molecule has 5 heteroatoms. The molecule has 0 aliphatic heterocycles. The smallest absolute Gasteiger partial charge is 0.307 e. The molecule has 96 valence electrons. The second-order valence-corrected chi connectivity index (χ2v) is 5.93. The van der Waals surface area contributed by atoms with Gasteiger partial charge in [0.15, 0.2) is 0 Å². The normalized spacial score (nSPS) is 11.5. The monoisotopic (exact) mass is 257 g/mol. The van der Waals surface area contributed by atoms with Crippen LogP contribution in [0.15, 0.2) is 10.6 Å². The molecule has 4 nitrogen and oxygen atoms in total. The summed E-state index contributed by atoms with van der Waals surface area (Å²) >= 11 is 1.64. The van der Waals surface area contributed by atoms with Gasteiger partial charge in [-0.05, 0) is 27.7 Å². The molecule has 1 aromatic heterocycles. The van der Waals surface area contributed by atoms with E-state index in [9.17, 15) is 4.79 Å². The summed E-state index contributed by atoms with van der Waals surface area (Å²) in [5.74, 6) is 2.16. The van der Waals surface area contributed by atoms with E-state index < -0.39 is 5.60 Å². The number of aromatic nitrogens is 1. The summed E-state index contributed by atoms with van der Waals surface area (Å²) in [5, 5.41) is 3.80. The topological polar surface area (TPSA) is 52.3 Å². The average molecular weight is 257 g/mol. The Morgan fingerprint density at radius 3 is 2.76 bits per heavy atom. The summed E-state index contributed by atoms with van der Waals surface area (Å²) in [7, 11) is 0. The SMILES string of the molecule is Cc1cc(CSCCC(=O)OC(C)(C)C)on1. The Morgan fingerprint density at radius 1 is 1.53 bits per heavy atom. The van der Waals surface area contributed by atoms with Gasteiger partial charge in [0.1, 0.15) is 11.4 Å². The number of thioether (sulfide) groups is 1. The summed E-state index contributed by atoms with van der Waals surface area (Å²) in [5.41, 5.74) is 0.483. The fourth-order valence-corrected chi connectivity index (χ4v) is 2.00. The van der Waals surface area contributed by atoms with Crippen molar-refractivity contribution in [2.45, 2.75) is 45.5 Å². The maximum absolute atomic E-state index is 11.4. The van der Waals surface area contributed by atoms with E-state index in [0.29, 0.717) is 6.42 Å². The third-order valence-electron chi connectivity index (χ3n) is 1.79. The molecule has 0 bridgehead atoms. The number of ether oxygens (including phenoxy) is 1. The number of rotatable bonds is 5. The largest absolute Gasteiger partial charge is 0.460 e. The van der Waals surface area contributed by atoms with E-state index in [1.807, 2.05) is 33.8 Å². The van der Waals surface area contributed by atoms with Crippen molar-refractivity contribution < 1.29 is 14.1 Å². The number of esters is 1. The van der Waals surface area contributed by atoms with Crippen molar-refractivity contribution in [1.29, 1.82) is 0 Å². The molecule has 0 N–H and O–H groups in total. The number of carbonyl (C=O) groups excluding carboxylic acids is 1. The number of nitrogens with zero attached hydrogens (tertiary/aromatic N) is 1. The van der Waals surface area contributed by atoms with E-state index >= 15 is 0 Å². The van der Waals surface area contributed by atoms with E-state index in [-0.39, 0.29) is 5.97 Å². The third-order valence-corrected chi connectivity index (χ3v) is 2.77. The minimum absolute atomic E-state index is 0.154. The predicted molar refractivity (Wildman–Crippen MR) is 67.9 cm³/mol. The zero-order chi connectivity index (χ0) is 12.9. The molecule has 0 saturated heterocycles. The Bertz CT molecular complexity index is 368. The first kappa shape index (κ1) is 14.1. The fraction of sp³-hybridized carbons (Fsp3) is 0.667. The van der Waals surface area contributed by atoms with Crippen molar-refractivity contribution in [2.24, 2.45) is 0 Å². The van der Waals surface area contributed by atoms with Crippen LogP contribution in [-0.2, 0) is 15.3 Å². The van der Waals surface area contributed by atoms with Gasteiger partial charge >= 0.3 is 5.97 Å². The molecular weight excluding hydrogens is 238 g/mol. The van der Waals surface area contributed by atoms with Gasteiger partial charge in [0.25, 0.3) is 0 Å². The summed E-state index contributed by atoms with van der Waals surface area (Å²) in [4.78, 5) is 11.4. The molecule has 0 saturated carbocycles. The molecular formula is C12H19NO3S. The van der Waals surface area contributed by atoms with Crippen LogP contribution in [0.25, 0.3) is 0 Å². The maximum atomic E-state index is 11.4. The summed E-state index contributed by atoms with van der Waals surface area (Å²) in [6, 6.07) is 1.90. The fourth-order valence-electron chi connectivity index (χ4n) is 1.21. The van der Waals surface area contributed by atoms with Crippen LogP contribution in [0.1, 0.15) is 38.6 Å². The molecule has 0 aliphatic rings. The summed E-state index contributed by atoms with van der Waals surface area (Å²) in [6.07, 6.45) is 0.426. The highest BCUT2D eigenvalue weighted by atomic mass is 32.2. The predicted octanol–water partition coefficient (Wildman–Crippen LogP) is 2.95. The van der Waals surface area contributed by atoms with Crippen LogP contribution >= 0.6 is 11.8 Å². The van der Waals surface area contributed by atoms with Gasteiger partial charge in [0, 0.05) is 11.8 Å². The number of aryl methyl sites for hydroxylation is 1. The minimum atomic E-state index is -0.399. The molecule has 0 spiro atoms. The van der Waals surface area contributed by atoms with Crippen molar-refractivity contribution in [1.82, 2.24) is 5.16 Å². The standard InChI is InChI=1S/C12H19NO3S/c1-9-7-10(16-13-9)8-17-6-5-11(14)15-12(2,3)4/h7H,5-6,8H2,1-4H3. The van der Waals surface area contributed by atoms with Gasteiger partial charge < -0.3 is 9.26 Å². The van der Waals surface area contributed by atoms with E-state index in [1.54, 1.807) is 11.8 Å². The lowest BCUT2D eigenvalue weighted by atomic mass is 10.2. The molecule has 0 atom stereocenters. The van der Waals surface area contributed by atoms with Gasteiger partial charge in [-0.1, -0.05) is 5.16 Å². The molecule has 0 amide bonds. The molecule has 1 aromatic rings. The number of carbonyl (C=O) groups is 1. The first-order valence-electron chi connectivity index (χ1n) is 5.58. The van der Waals surface area contributed by atoms with Gasteiger partial charge in [-0.15, -0.1) is 0 Å². The lowest BCUT2D eigenvalue weighted by Crippen LogP contribution is -2.24. The van der Waals surface area contributed by atoms with Crippen LogP contribution in [0, 0.1) is 6.92 Å². The first-order valence-corrected chi connectivity index (χ1v) is 6.74. The molecule has 17 heavy (non-hydrogen) atoms.